The van der Waals surface area contributed by atoms with Crippen LogP contribution in [0.3, 0.4) is 0 Å². The Morgan fingerprint density at radius 2 is 1.64 bits per heavy atom. The maximum atomic E-state index is 15.5. The van der Waals surface area contributed by atoms with Gasteiger partial charge in [-0.3, -0.25) is 4.40 Å². The molecule has 0 aliphatic carbocycles. The second-order valence-electron chi connectivity index (χ2n) is 7.60. The van der Waals surface area contributed by atoms with Crippen LogP contribution in [0.1, 0.15) is 36.4 Å². The van der Waals surface area contributed by atoms with Gasteiger partial charge >= 0.3 is 0 Å². The Bertz CT molecular complexity index is 1220. The van der Waals surface area contributed by atoms with Crippen molar-refractivity contribution >= 4 is 27.3 Å². The first kappa shape index (κ1) is 14.8. The standard InChI is InChI=1S/C21H18F2N2/c1-11-9-10-15-17-16(11)13-7-5-6-8-14(13)19-24-12(2)18(25(17)19)21(22,23)20(15,3)4/h5-10H,1-4H3. The van der Waals surface area contributed by atoms with Gasteiger partial charge in [-0.15, -0.1) is 0 Å². The molecule has 0 atom stereocenters. The van der Waals surface area contributed by atoms with Crippen molar-refractivity contribution in [2.45, 2.75) is 39.0 Å². The number of fused-ring (bicyclic) bond motifs is 3. The molecule has 4 heteroatoms. The predicted octanol–water partition coefficient (Wildman–Crippen LogP) is 5.64. The maximum Gasteiger partial charge on any atom is 0.298 e. The van der Waals surface area contributed by atoms with E-state index in [1.54, 1.807) is 25.2 Å². The maximum absolute atomic E-state index is 15.5. The number of aromatic nitrogens is 2. The van der Waals surface area contributed by atoms with E-state index in [1.807, 2.05) is 37.3 Å². The van der Waals surface area contributed by atoms with Crippen molar-refractivity contribution in [3.8, 4) is 0 Å². The summed E-state index contributed by atoms with van der Waals surface area (Å²) in [7, 11) is 0. The molecule has 0 amide bonds. The first-order valence-corrected chi connectivity index (χ1v) is 8.48. The van der Waals surface area contributed by atoms with Gasteiger partial charge in [0.1, 0.15) is 11.3 Å². The van der Waals surface area contributed by atoms with E-state index in [0.717, 1.165) is 27.2 Å². The molecule has 5 rings (SSSR count). The normalized spacial score (nSPS) is 17.8. The lowest BCUT2D eigenvalue weighted by atomic mass is 9.73. The molecule has 0 saturated heterocycles. The Morgan fingerprint density at radius 3 is 2.36 bits per heavy atom. The molecular formula is C21H18F2N2. The third-order valence-corrected chi connectivity index (χ3v) is 5.85. The van der Waals surface area contributed by atoms with E-state index in [0.29, 0.717) is 16.9 Å². The molecule has 3 heterocycles. The Hall–Kier alpha value is -2.49. The number of nitrogens with zero attached hydrogens (tertiary/aromatic N) is 2. The first-order valence-electron chi connectivity index (χ1n) is 8.48. The number of alkyl halides is 2. The Balaban J connectivity index is 2.26. The van der Waals surface area contributed by atoms with Crippen LogP contribution in [0, 0.1) is 13.8 Å². The second-order valence-corrected chi connectivity index (χ2v) is 7.60. The van der Waals surface area contributed by atoms with Gasteiger partial charge in [0.05, 0.1) is 16.6 Å². The van der Waals surface area contributed by atoms with Crippen LogP contribution in [0.5, 0.6) is 0 Å². The van der Waals surface area contributed by atoms with Gasteiger partial charge in [0, 0.05) is 10.8 Å². The van der Waals surface area contributed by atoms with E-state index in [4.69, 9.17) is 0 Å². The van der Waals surface area contributed by atoms with Gasteiger partial charge in [-0.2, -0.15) is 8.78 Å². The number of pyridine rings is 1. The molecular weight excluding hydrogens is 318 g/mol. The Kier molecular flexibility index (Phi) is 2.48. The highest BCUT2D eigenvalue weighted by atomic mass is 19.3. The zero-order chi connectivity index (χ0) is 17.7. The molecule has 0 spiro atoms. The fourth-order valence-electron chi connectivity index (χ4n) is 4.43. The molecule has 1 aliphatic heterocycles. The highest BCUT2D eigenvalue weighted by Crippen LogP contribution is 2.54. The van der Waals surface area contributed by atoms with Gasteiger partial charge < -0.3 is 0 Å². The van der Waals surface area contributed by atoms with Crippen LogP contribution in [0.2, 0.25) is 0 Å². The number of halogens is 2. The van der Waals surface area contributed by atoms with E-state index >= 15 is 8.78 Å². The van der Waals surface area contributed by atoms with Gasteiger partial charge in [0.25, 0.3) is 5.92 Å². The van der Waals surface area contributed by atoms with Crippen LogP contribution in [-0.2, 0) is 11.3 Å². The highest BCUT2D eigenvalue weighted by Gasteiger charge is 2.55. The Morgan fingerprint density at radius 1 is 0.960 bits per heavy atom. The van der Waals surface area contributed by atoms with E-state index in [1.165, 1.54) is 0 Å². The topological polar surface area (TPSA) is 17.3 Å². The zero-order valence-corrected chi connectivity index (χ0v) is 14.6. The van der Waals surface area contributed by atoms with E-state index in [-0.39, 0.29) is 5.69 Å². The number of rotatable bonds is 0. The molecule has 2 aromatic carbocycles. The van der Waals surface area contributed by atoms with E-state index in [2.05, 4.69) is 11.1 Å². The minimum Gasteiger partial charge on any atom is -0.290 e. The summed E-state index contributed by atoms with van der Waals surface area (Å²) >= 11 is 0. The number of hydrogen-bond donors (Lipinski definition) is 0. The van der Waals surface area contributed by atoms with Crippen LogP contribution in [-0.4, -0.2) is 9.38 Å². The average Bonchev–Trinajstić information content (AvgIpc) is 2.91. The van der Waals surface area contributed by atoms with Gasteiger partial charge in [-0.25, -0.2) is 4.98 Å². The summed E-state index contributed by atoms with van der Waals surface area (Å²) in [5, 5.41) is 3.03. The Labute approximate surface area is 144 Å². The molecule has 0 bridgehead atoms. The summed E-state index contributed by atoms with van der Waals surface area (Å²) in [4.78, 5) is 4.57. The summed E-state index contributed by atoms with van der Waals surface area (Å²) < 4.78 is 32.7. The monoisotopic (exact) mass is 336 g/mol. The minimum absolute atomic E-state index is 0.0290. The molecule has 0 radical (unpaired) electrons. The van der Waals surface area contributed by atoms with Crippen molar-refractivity contribution < 1.29 is 8.78 Å². The third kappa shape index (κ3) is 1.47. The summed E-state index contributed by atoms with van der Waals surface area (Å²) in [6, 6.07) is 11.8. The molecule has 126 valence electrons. The molecule has 0 saturated carbocycles. The van der Waals surface area contributed by atoms with Crippen molar-refractivity contribution in [3.63, 3.8) is 0 Å². The minimum atomic E-state index is -2.99. The van der Waals surface area contributed by atoms with E-state index in [9.17, 15) is 0 Å². The lowest BCUT2D eigenvalue weighted by molar-refractivity contribution is -0.0796. The fraction of sp³-hybridized carbons (Fsp3) is 0.286. The molecule has 0 unspecified atom stereocenters. The molecule has 0 N–H and O–H groups in total. The van der Waals surface area contributed by atoms with Crippen LogP contribution in [0.4, 0.5) is 8.78 Å². The third-order valence-electron chi connectivity index (χ3n) is 5.85. The summed E-state index contributed by atoms with van der Waals surface area (Å²) in [6.07, 6.45) is 0. The van der Waals surface area contributed by atoms with Gasteiger partial charge in [0.2, 0.25) is 0 Å². The molecule has 4 aromatic rings. The number of benzene rings is 2. The number of imidazole rings is 1. The van der Waals surface area contributed by atoms with Crippen LogP contribution < -0.4 is 0 Å². The van der Waals surface area contributed by atoms with Crippen molar-refractivity contribution in [1.82, 2.24) is 9.38 Å². The average molecular weight is 336 g/mol. The first-order chi connectivity index (χ1) is 11.8. The highest BCUT2D eigenvalue weighted by molar-refractivity contribution is 6.14. The lowest BCUT2D eigenvalue weighted by Gasteiger charge is -2.39. The van der Waals surface area contributed by atoms with Crippen LogP contribution in [0.15, 0.2) is 36.4 Å². The lowest BCUT2D eigenvalue weighted by Crippen LogP contribution is -2.42. The molecule has 25 heavy (non-hydrogen) atoms. The summed E-state index contributed by atoms with van der Waals surface area (Å²) in [5.41, 5.74) is 2.41. The van der Waals surface area contributed by atoms with Crippen LogP contribution >= 0.6 is 0 Å². The SMILES string of the molecule is Cc1nc2c3ccccc3c3c(C)ccc4c3n2c1C(F)(F)C4(C)C. The zero-order valence-electron chi connectivity index (χ0n) is 14.6. The largest absolute Gasteiger partial charge is 0.298 e. The van der Waals surface area contributed by atoms with Crippen molar-refractivity contribution in [1.29, 1.82) is 0 Å². The number of hydrogen-bond acceptors (Lipinski definition) is 1. The smallest absolute Gasteiger partial charge is 0.290 e. The van der Waals surface area contributed by atoms with Gasteiger partial charge in [0.15, 0.2) is 0 Å². The van der Waals surface area contributed by atoms with Gasteiger partial charge in [-0.05, 0) is 44.2 Å². The van der Waals surface area contributed by atoms with Gasteiger partial charge in [-0.1, -0.05) is 36.4 Å². The molecule has 1 aliphatic rings. The molecule has 2 nitrogen and oxygen atoms in total. The fourth-order valence-corrected chi connectivity index (χ4v) is 4.43. The predicted molar refractivity (Wildman–Crippen MR) is 96.6 cm³/mol. The van der Waals surface area contributed by atoms with Crippen LogP contribution in [0.25, 0.3) is 27.3 Å². The van der Waals surface area contributed by atoms with Crippen molar-refractivity contribution in [2.24, 2.45) is 0 Å². The summed E-state index contributed by atoms with van der Waals surface area (Å²) in [5.74, 6) is -2.99. The number of aryl methyl sites for hydroxylation is 2. The molecule has 2 aromatic heterocycles. The molecule has 0 fully saturated rings. The van der Waals surface area contributed by atoms with Crippen molar-refractivity contribution in [3.05, 3.63) is 58.9 Å². The van der Waals surface area contributed by atoms with Crippen molar-refractivity contribution in [2.75, 3.05) is 0 Å². The second kappa shape index (κ2) is 4.18. The van der Waals surface area contributed by atoms with E-state index < -0.39 is 11.3 Å². The summed E-state index contributed by atoms with van der Waals surface area (Å²) in [6.45, 7) is 7.00. The quantitative estimate of drug-likeness (QED) is 0.380.